The highest BCUT2D eigenvalue weighted by Gasteiger charge is 2.25. The monoisotopic (exact) mass is 546 g/mol. The Labute approximate surface area is 244 Å². The molecule has 1 unspecified atom stereocenters. The van der Waals surface area contributed by atoms with E-state index in [-0.39, 0.29) is 6.04 Å². The van der Waals surface area contributed by atoms with E-state index in [1.54, 1.807) is 0 Å². The highest BCUT2D eigenvalue weighted by molar-refractivity contribution is 6.30. The number of hydrogen-bond donors (Lipinski definition) is 1. The van der Waals surface area contributed by atoms with Crippen molar-refractivity contribution in [3.8, 4) is 11.3 Å². The molecule has 0 aliphatic rings. The van der Waals surface area contributed by atoms with Gasteiger partial charge in [-0.2, -0.15) is 0 Å². The van der Waals surface area contributed by atoms with Crippen LogP contribution in [0.25, 0.3) is 22.0 Å². The van der Waals surface area contributed by atoms with Gasteiger partial charge in [0.15, 0.2) is 0 Å². The van der Waals surface area contributed by atoms with E-state index in [1.165, 1.54) is 33.0 Å². The highest BCUT2D eigenvalue weighted by Crippen LogP contribution is 2.40. The van der Waals surface area contributed by atoms with Crippen molar-refractivity contribution in [2.75, 3.05) is 5.32 Å². The highest BCUT2D eigenvalue weighted by atomic mass is 35.5. The molecule has 0 bridgehead atoms. The second-order valence-electron chi connectivity index (χ2n) is 11.6. The molecular weight excluding hydrogens is 508 g/mol. The molecule has 204 valence electrons. The molecule has 0 aliphatic carbocycles. The first kappa shape index (κ1) is 27.9. The van der Waals surface area contributed by atoms with Crippen molar-refractivity contribution >= 4 is 28.1 Å². The summed E-state index contributed by atoms with van der Waals surface area (Å²) in [5, 5.41) is 7.24. The number of hydrogen-bond acceptors (Lipinski definition) is 2. The number of nitrogens with zero attached hydrogens (tertiary/aromatic N) is 1. The van der Waals surface area contributed by atoms with Gasteiger partial charge in [0.1, 0.15) is 0 Å². The summed E-state index contributed by atoms with van der Waals surface area (Å²) in [7, 11) is 0. The van der Waals surface area contributed by atoms with Gasteiger partial charge in [-0.1, -0.05) is 126 Å². The molecule has 0 radical (unpaired) electrons. The molecule has 4 aromatic carbocycles. The third kappa shape index (κ3) is 5.64. The molecule has 3 heteroatoms. The van der Waals surface area contributed by atoms with Gasteiger partial charge in [0, 0.05) is 16.3 Å². The largest absolute Gasteiger partial charge is 0.372 e. The summed E-state index contributed by atoms with van der Waals surface area (Å²) in [6.07, 6.45) is 0. The zero-order valence-electron chi connectivity index (χ0n) is 24.4. The fourth-order valence-corrected chi connectivity index (χ4v) is 5.93. The fraction of sp³-hybridized carbons (Fsp3) is 0.270. The number of pyridine rings is 1. The zero-order chi connectivity index (χ0) is 28.4. The second kappa shape index (κ2) is 11.9. The van der Waals surface area contributed by atoms with E-state index < -0.39 is 0 Å². The molecule has 2 nitrogen and oxygen atoms in total. The summed E-state index contributed by atoms with van der Waals surface area (Å²) in [4.78, 5) is 5.34. The van der Waals surface area contributed by atoms with Crippen LogP contribution >= 0.6 is 11.6 Å². The minimum atomic E-state index is -0.135. The molecule has 0 saturated heterocycles. The first-order valence-corrected chi connectivity index (χ1v) is 14.8. The molecule has 1 N–H and O–H groups in total. The van der Waals surface area contributed by atoms with Gasteiger partial charge >= 0.3 is 0 Å². The summed E-state index contributed by atoms with van der Waals surface area (Å²) in [6, 6.07) is 34.3. The van der Waals surface area contributed by atoms with Gasteiger partial charge in [-0.05, 0) is 75.0 Å². The Morgan fingerprint density at radius 1 is 0.600 bits per heavy atom. The lowest BCUT2D eigenvalue weighted by atomic mass is 9.88. The van der Waals surface area contributed by atoms with Gasteiger partial charge < -0.3 is 5.32 Å². The normalized spacial score (nSPS) is 12.4. The zero-order valence-corrected chi connectivity index (χ0v) is 25.1. The van der Waals surface area contributed by atoms with Crippen LogP contribution < -0.4 is 5.32 Å². The van der Waals surface area contributed by atoms with Crippen molar-refractivity contribution in [2.24, 2.45) is 0 Å². The summed E-state index contributed by atoms with van der Waals surface area (Å²) < 4.78 is 0. The summed E-state index contributed by atoms with van der Waals surface area (Å²) in [5.74, 6) is 1.01. The minimum absolute atomic E-state index is 0.135. The Morgan fingerprint density at radius 3 is 1.85 bits per heavy atom. The first-order valence-electron chi connectivity index (χ1n) is 14.4. The molecule has 1 heterocycles. The Hall–Kier alpha value is -3.62. The predicted octanol–water partition coefficient (Wildman–Crippen LogP) is 11.1. The average molecular weight is 547 g/mol. The van der Waals surface area contributed by atoms with Crippen LogP contribution in [-0.2, 0) is 0 Å². The van der Waals surface area contributed by atoms with Crippen molar-refractivity contribution in [3.63, 3.8) is 0 Å². The Bertz CT molecular complexity index is 1600. The number of aromatic nitrogens is 1. The van der Waals surface area contributed by atoms with Crippen LogP contribution in [-0.4, -0.2) is 4.98 Å². The van der Waals surface area contributed by atoms with Gasteiger partial charge in [-0.15, -0.1) is 0 Å². The SMILES string of the molecule is CC(C)c1ccccc1C(Nc1c(C(C)C)cc(Cl)cc1C(C)C)c1cccc(-c2cccc3ccccc23)n1. The van der Waals surface area contributed by atoms with E-state index >= 15 is 0 Å². The molecule has 5 aromatic rings. The lowest BCUT2D eigenvalue weighted by molar-refractivity contribution is 0.788. The number of halogens is 1. The van der Waals surface area contributed by atoms with Gasteiger partial charge in [0.2, 0.25) is 0 Å². The quantitative estimate of drug-likeness (QED) is 0.209. The van der Waals surface area contributed by atoms with Crippen LogP contribution in [0.5, 0.6) is 0 Å². The van der Waals surface area contributed by atoms with Gasteiger partial charge in [0.05, 0.1) is 17.4 Å². The molecule has 0 fully saturated rings. The van der Waals surface area contributed by atoms with Gasteiger partial charge in [-0.3, -0.25) is 4.98 Å². The fourth-order valence-electron chi connectivity index (χ4n) is 5.69. The molecule has 1 atom stereocenters. The molecule has 1 aromatic heterocycles. The van der Waals surface area contributed by atoms with E-state index in [0.29, 0.717) is 17.8 Å². The van der Waals surface area contributed by atoms with Crippen LogP contribution in [0.4, 0.5) is 5.69 Å². The van der Waals surface area contributed by atoms with E-state index in [4.69, 9.17) is 16.6 Å². The molecule has 0 spiro atoms. The second-order valence-corrected chi connectivity index (χ2v) is 12.0. The maximum absolute atomic E-state index is 6.64. The van der Waals surface area contributed by atoms with Crippen LogP contribution in [0, 0.1) is 0 Å². The number of anilines is 1. The third-order valence-corrected chi connectivity index (χ3v) is 7.98. The predicted molar refractivity (Wildman–Crippen MR) is 173 cm³/mol. The summed E-state index contributed by atoms with van der Waals surface area (Å²) in [5.41, 5.74) is 9.32. The number of nitrogens with one attached hydrogen (secondary N) is 1. The van der Waals surface area contributed by atoms with E-state index in [1.807, 2.05) is 0 Å². The van der Waals surface area contributed by atoms with Crippen molar-refractivity contribution in [1.29, 1.82) is 0 Å². The maximum atomic E-state index is 6.64. The summed E-state index contributed by atoms with van der Waals surface area (Å²) >= 11 is 6.64. The van der Waals surface area contributed by atoms with Gasteiger partial charge in [-0.25, -0.2) is 0 Å². The maximum Gasteiger partial charge on any atom is 0.0943 e. The minimum Gasteiger partial charge on any atom is -0.372 e. The topological polar surface area (TPSA) is 24.9 Å². The van der Waals surface area contributed by atoms with Crippen LogP contribution in [0.2, 0.25) is 5.02 Å². The van der Waals surface area contributed by atoms with E-state index in [9.17, 15) is 0 Å². The average Bonchev–Trinajstić information content (AvgIpc) is 2.95. The van der Waals surface area contributed by atoms with Crippen LogP contribution in [0.15, 0.2) is 97.1 Å². The Kier molecular flexibility index (Phi) is 8.28. The van der Waals surface area contributed by atoms with Crippen LogP contribution in [0.3, 0.4) is 0 Å². The standard InChI is InChI=1S/C37H39ClN2/c1-23(2)28-15-9-10-17-31(28)37(40-36-32(24(3)4)21-27(38)22-33(36)25(5)6)35-20-12-19-34(39-35)30-18-11-14-26-13-7-8-16-29(26)30/h7-25,37,40H,1-6H3. The van der Waals surface area contributed by atoms with E-state index in [0.717, 1.165) is 27.7 Å². The lowest BCUT2D eigenvalue weighted by Gasteiger charge is -2.29. The lowest BCUT2D eigenvalue weighted by Crippen LogP contribution is -2.19. The van der Waals surface area contributed by atoms with Crippen molar-refractivity contribution in [2.45, 2.75) is 65.3 Å². The van der Waals surface area contributed by atoms with Crippen molar-refractivity contribution in [1.82, 2.24) is 4.98 Å². The van der Waals surface area contributed by atoms with Crippen molar-refractivity contribution < 1.29 is 0 Å². The molecule has 0 aliphatic heterocycles. The number of benzene rings is 4. The number of rotatable bonds is 8. The molecule has 40 heavy (non-hydrogen) atoms. The smallest absolute Gasteiger partial charge is 0.0943 e. The molecule has 0 amide bonds. The van der Waals surface area contributed by atoms with Crippen LogP contribution in [0.1, 0.15) is 93.3 Å². The molecule has 0 saturated carbocycles. The molecular formula is C37H39ClN2. The Balaban J connectivity index is 1.72. The Morgan fingerprint density at radius 2 is 1.18 bits per heavy atom. The van der Waals surface area contributed by atoms with Crippen molar-refractivity contribution in [3.05, 3.63) is 130 Å². The summed E-state index contributed by atoms with van der Waals surface area (Å²) in [6.45, 7) is 13.5. The molecule has 5 rings (SSSR count). The van der Waals surface area contributed by atoms with E-state index in [2.05, 4.69) is 144 Å². The first-order chi connectivity index (χ1) is 19.2. The number of fused-ring (bicyclic) bond motifs is 1. The third-order valence-electron chi connectivity index (χ3n) is 7.76. The van der Waals surface area contributed by atoms with Gasteiger partial charge in [0.25, 0.3) is 0 Å².